The van der Waals surface area contributed by atoms with Crippen molar-refractivity contribution in [1.82, 2.24) is 10.2 Å². The number of rotatable bonds is 4. The van der Waals surface area contributed by atoms with E-state index in [1.54, 1.807) is 18.2 Å². The Labute approximate surface area is 119 Å². The predicted molar refractivity (Wildman–Crippen MR) is 78.7 cm³/mol. The number of benzene rings is 1. The highest BCUT2D eigenvalue weighted by Gasteiger charge is 2.24. The van der Waals surface area contributed by atoms with E-state index >= 15 is 0 Å². The van der Waals surface area contributed by atoms with E-state index in [1.807, 2.05) is 18.9 Å². The highest BCUT2D eigenvalue weighted by Crippen LogP contribution is 2.18. The van der Waals surface area contributed by atoms with Crippen molar-refractivity contribution in [3.63, 3.8) is 0 Å². The first-order valence-corrected chi connectivity index (χ1v) is 6.98. The van der Waals surface area contributed by atoms with Gasteiger partial charge in [-0.15, -0.1) is 0 Å². The van der Waals surface area contributed by atoms with Crippen LogP contribution in [0.25, 0.3) is 5.57 Å². The number of hydrogen-bond acceptors (Lipinski definition) is 2. The van der Waals surface area contributed by atoms with Crippen LogP contribution in [-0.4, -0.2) is 37.5 Å². The van der Waals surface area contributed by atoms with Crippen molar-refractivity contribution in [3.05, 3.63) is 41.7 Å². The van der Waals surface area contributed by atoms with E-state index in [2.05, 4.69) is 5.32 Å². The molecule has 1 aromatic rings. The molecule has 4 heteroatoms. The van der Waals surface area contributed by atoms with Crippen molar-refractivity contribution < 1.29 is 9.18 Å². The molecule has 1 heterocycles. The van der Waals surface area contributed by atoms with E-state index in [4.69, 9.17) is 0 Å². The van der Waals surface area contributed by atoms with Crippen LogP contribution in [0.1, 0.15) is 18.9 Å². The highest BCUT2D eigenvalue weighted by molar-refractivity contribution is 5.95. The molecule has 0 radical (unpaired) electrons. The molecule has 1 aromatic carbocycles. The van der Waals surface area contributed by atoms with Crippen molar-refractivity contribution in [3.8, 4) is 0 Å². The zero-order valence-corrected chi connectivity index (χ0v) is 12.0. The Kier molecular flexibility index (Phi) is 4.90. The van der Waals surface area contributed by atoms with Crippen LogP contribution in [0.3, 0.4) is 0 Å². The zero-order valence-electron chi connectivity index (χ0n) is 12.0. The minimum atomic E-state index is -0.262. The minimum Gasteiger partial charge on any atom is -0.339 e. The molecule has 108 valence electrons. The molecular weight excluding hydrogens is 255 g/mol. The number of halogens is 1. The molecule has 0 spiro atoms. The van der Waals surface area contributed by atoms with Crippen molar-refractivity contribution in [2.75, 3.05) is 26.7 Å². The number of nitrogens with one attached hydrogen (secondary N) is 1. The average Bonchev–Trinajstić information content (AvgIpc) is 2.88. The third-order valence-corrected chi connectivity index (χ3v) is 3.73. The second kappa shape index (κ2) is 6.66. The third-order valence-electron chi connectivity index (χ3n) is 3.73. The van der Waals surface area contributed by atoms with Gasteiger partial charge >= 0.3 is 0 Å². The van der Waals surface area contributed by atoms with E-state index in [-0.39, 0.29) is 11.7 Å². The van der Waals surface area contributed by atoms with E-state index < -0.39 is 0 Å². The fraction of sp³-hybridized carbons (Fsp3) is 0.438. The topological polar surface area (TPSA) is 32.3 Å². The number of hydrogen-bond donors (Lipinski definition) is 1. The second-order valence-electron chi connectivity index (χ2n) is 5.33. The molecule has 0 saturated carbocycles. The summed E-state index contributed by atoms with van der Waals surface area (Å²) < 4.78 is 12.9. The minimum absolute atomic E-state index is 0.0467. The van der Waals surface area contributed by atoms with E-state index in [0.717, 1.165) is 37.2 Å². The summed E-state index contributed by atoms with van der Waals surface area (Å²) in [6.45, 7) is 4.46. The normalized spacial score (nSPS) is 19.4. The molecule has 1 N–H and O–H groups in total. The Hall–Kier alpha value is -1.68. The summed E-state index contributed by atoms with van der Waals surface area (Å²) >= 11 is 0. The van der Waals surface area contributed by atoms with Gasteiger partial charge in [0.1, 0.15) is 5.82 Å². The van der Waals surface area contributed by atoms with Crippen molar-refractivity contribution in [2.24, 2.45) is 5.92 Å². The maximum atomic E-state index is 12.9. The predicted octanol–water partition coefficient (Wildman–Crippen LogP) is 2.30. The summed E-state index contributed by atoms with van der Waals surface area (Å²) in [5, 5.41) is 3.15. The number of carbonyl (C=O) groups excluding carboxylic acids is 1. The lowest BCUT2D eigenvalue weighted by molar-refractivity contribution is -0.125. The van der Waals surface area contributed by atoms with E-state index in [9.17, 15) is 9.18 Å². The standard InChI is InChI=1S/C16H21FN2O/c1-12(14-3-5-15(17)6-4-14)9-16(20)19-8-7-13(11-19)10-18-2/h3-6,9,13,18H,7-8,10-11H2,1-2H3. The fourth-order valence-corrected chi connectivity index (χ4v) is 2.56. The number of allylic oxidation sites excluding steroid dienone is 1. The maximum absolute atomic E-state index is 12.9. The van der Waals surface area contributed by atoms with Crippen molar-refractivity contribution >= 4 is 11.5 Å². The molecule has 1 unspecified atom stereocenters. The number of likely N-dealkylation sites (tertiary alicyclic amines) is 1. The Morgan fingerprint density at radius 3 is 2.80 bits per heavy atom. The summed E-state index contributed by atoms with van der Waals surface area (Å²) in [5.74, 6) is 0.330. The molecule has 0 aliphatic carbocycles. The molecule has 1 fully saturated rings. The average molecular weight is 276 g/mol. The zero-order chi connectivity index (χ0) is 14.5. The molecular formula is C16H21FN2O. The summed E-state index contributed by atoms with van der Waals surface area (Å²) in [6, 6.07) is 6.22. The lowest BCUT2D eigenvalue weighted by atomic mass is 10.1. The van der Waals surface area contributed by atoms with Crippen LogP contribution < -0.4 is 5.32 Å². The molecule has 1 saturated heterocycles. The summed E-state index contributed by atoms with van der Waals surface area (Å²) in [5.41, 5.74) is 1.75. The number of amides is 1. The van der Waals surface area contributed by atoms with Gasteiger partial charge in [-0.05, 0) is 56.1 Å². The second-order valence-corrected chi connectivity index (χ2v) is 5.33. The first-order chi connectivity index (χ1) is 9.60. The van der Waals surface area contributed by atoms with Crippen molar-refractivity contribution in [1.29, 1.82) is 0 Å². The van der Waals surface area contributed by atoms with Crippen LogP contribution in [0.15, 0.2) is 30.3 Å². The van der Waals surface area contributed by atoms with Gasteiger partial charge in [-0.1, -0.05) is 12.1 Å². The Balaban J connectivity index is 1.99. The lowest BCUT2D eigenvalue weighted by Crippen LogP contribution is -2.29. The van der Waals surface area contributed by atoms with Gasteiger partial charge in [0.15, 0.2) is 0 Å². The first kappa shape index (κ1) is 14.7. The highest BCUT2D eigenvalue weighted by atomic mass is 19.1. The van der Waals surface area contributed by atoms with Crippen molar-refractivity contribution in [2.45, 2.75) is 13.3 Å². The molecule has 3 nitrogen and oxygen atoms in total. The van der Waals surface area contributed by atoms with Crippen LogP contribution in [-0.2, 0) is 4.79 Å². The Bertz CT molecular complexity index is 496. The van der Waals surface area contributed by atoms with Crippen LogP contribution in [0.2, 0.25) is 0 Å². The van der Waals surface area contributed by atoms with Gasteiger partial charge in [0.05, 0.1) is 0 Å². The molecule has 20 heavy (non-hydrogen) atoms. The summed E-state index contributed by atoms with van der Waals surface area (Å²) in [4.78, 5) is 14.1. The molecule has 0 bridgehead atoms. The number of nitrogens with zero attached hydrogens (tertiary/aromatic N) is 1. The van der Waals surface area contributed by atoms with Gasteiger partial charge in [0, 0.05) is 19.2 Å². The molecule has 1 aliphatic heterocycles. The largest absolute Gasteiger partial charge is 0.339 e. The van der Waals surface area contributed by atoms with E-state index in [0.29, 0.717) is 5.92 Å². The van der Waals surface area contributed by atoms with Gasteiger partial charge in [-0.2, -0.15) is 0 Å². The molecule has 0 aromatic heterocycles. The Morgan fingerprint density at radius 1 is 1.45 bits per heavy atom. The van der Waals surface area contributed by atoms with Crippen LogP contribution in [0.5, 0.6) is 0 Å². The maximum Gasteiger partial charge on any atom is 0.246 e. The smallest absolute Gasteiger partial charge is 0.246 e. The molecule has 2 rings (SSSR count). The first-order valence-electron chi connectivity index (χ1n) is 6.98. The van der Waals surface area contributed by atoms with Gasteiger partial charge < -0.3 is 10.2 Å². The SMILES string of the molecule is CNCC1CCN(C(=O)C=C(C)c2ccc(F)cc2)C1. The van der Waals surface area contributed by atoms with Crippen LogP contribution in [0, 0.1) is 11.7 Å². The lowest BCUT2D eigenvalue weighted by Gasteiger charge is -2.15. The Morgan fingerprint density at radius 2 is 2.15 bits per heavy atom. The van der Waals surface area contributed by atoms with Gasteiger partial charge in [-0.25, -0.2) is 4.39 Å². The molecule has 1 aliphatic rings. The fourth-order valence-electron chi connectivity index (χ4n) is 2.56. The number of carbonyl (C=O) groups is 1. The van der Waals surface area contributed by atoms with Crippen LogP contribution >= 0.6 is 0 Å². The summed E-state index contributed by atoms with van der Waals surface area (Å²) in [7, 11) is 1.93. The van der Waals surface area contributed by atoms with Gasteiger partial charge in [0.25, 0.3) is 0 Å². The van der Waals surface area contributed by atoms with Gasteiger partial charge in [-0.3, -0.25) is 4.79 Å². The molecule has 1 atom stereocenters. The monoisotopic (exact) mass is 276 g/mol. The van der Waals surface area contributed by atoms with Gasteiger partial charge in [0.2, 0.25) is 5.91 Å². The van der Waals surface area contributed by atoms with E-state index in [1.165, 1.54) is 12.1 Å². The molecule has 1 amide bonds. The van der Waals surface area contributed by atoms with Crippen LogP contribution in [0.4, 0.5) is 4.39 Å². The quantitative estimate of drug-likeness (QED) is 0.856. The third kappa shape index (κ3) is 3.67. The summed E-state index contributed by atoms with van der Waals surface area (Å²) in [6.07, 6.45) is 2.70.